The molecule has 2 heteroatoms. The van der Waals surface area contributed by atoms with Gasteiger partial charge in [-0.15, -0.1) is 11.3 Å². The quantitative estimate of drug-likeness (QED) is 0.716. The molecule has 0 bridgehead atoms. The zero-order chi connectivity index (χ0) is 12.3. The Morgan fingerprint density at radius 1 is 1.29 bits per heavy atom. The summed E-state index contributed by atoms with van der Waals surface area (Å²) in [6.07, 6.45) is 3.85. The number of thiophene rings is 1. The van der Waals surface area contributed by atoms with Crippen LogP contribution >= 0.6 is 11.3 Å². The Balaban J connectivity index is 2.36. The number of hydrogen-bond acceptors (Lipinski definition) is 2. The molecule has 0 fully saturated rings. The van der Waals surface area contributed by atoms with Crippen LogP contribution < -0.4 is 0 Å². The summed E-state index contributed by atoms with van der Waals surface area (Å²) in [6, 6.07) is 8.62. The standard InChI is InChI=1S/C15H20OS/c1-4-5-9-13(16-3)15-11(2)12-8-6-7-10-14(12)17-15/h6-8,10,13H,4-5,9H2,1-3H3. The third kappa shape index (κ3) is 2.53. The number of fused-ring (bicyclic) bond motifs is 1. The van der Waals surface area contributed by atoms with Gasteiger partial charge in [0.1, 0.15) is 0 Å². The molecule has 2 aromatic rings. The molecule has 0 aliphatic rings. The summed E-state index contributed by atoms with van der Waals surface area (Å²) in [4.78, 5) is 1.40. The summed E-state index contributed by atoms with van der Waals surface area (Å²) < 4.78 is 7.03. The van der Waals surface area contributed by atoms with E-state index < -0.39 is 0 Å². The molecule has 1 atom stereocenters. The minimum atomic E-state index is 0.271. The number of ether oxygens (including phenoxy) is 1. The maximum absolute atomic E-state index is 5.66. The average molecular weight is 248 g/mol. The van der Waals surface area contributed by atoms with E-state index >= 15 is 0 Å². The van der Waals surface area contributed by atoms with Crippen molar-refractivity contribution in [2.24, 2.45) is 0 Å². The predicted octanol–water partition coefficient (Wildman–Crippen LogP) is 5.09. The first kappa shape index (κ1) is 12.6. The van der Waals surface area contributed by atoms with Crippen molar-refractivity contribution in [3.63, 3.8) is 0 Å². The van der Waals surface area contributed by atoms with Gasteiger partial charge in [0.25, 0.3) is 0 Å². The van der Waals surface area contributed by atoms with E-state index in [1.54, 1.807) is 0 Å². The Morgan fingerprint density at radius 3 is 2.71 bits per heavy atom. The zero-order valence-electron chi connectivity index (χ0n) is 10.8. The van der Waals surface area contributed by atoms with Gasteiger partial charge in [0.15, 0.2) is 0 Å². The lowest BCUT2D eigenvalue weighted by molar-refractivity contribution is 0.0961. The predicted molar refractivity (Wildman–Crippen MR) is 75.8 cm³/mol. The molecule has 0 aliphatic carbocycles. The van der Waals surface area contributed by atoms with E-state index in [0.29, 0.717) is 0 Å². The van der Waals surface area contributed by atoms with E-state index in [1.165, 1.54) is 33.4 Å². The van der Waals surface area contributed by atoms with Crippen LogP contribution in [-0.2, 0) is 4.74 Å². The molecule has 1 nitrogen and oxygen atoms in total. The SMILES string of the molecule is CCCCC(OC)c1sc2ccccc2c1C. The van der Waals surface area contributed by atoms with E-state index in [4.69, 9.17) is 4.74 Å². The average Bonchev–Trinajstić information content (AvgIpc) is 2.69. The van der Waals surface area contributed by atoms with E-state index in [0.717, 1.165) is 6.42 Å². The minimum Gasteiger partial charge on any atom is -0.376 e. The number of unbranched alkanes of at least 4 members (excludes halogenated alkanes) is 1. The topological polar surface area (TPSA) is 9.23 Å². The van der Waals surface area contributed by atoms with Crippen molar-refractivity contribution in [3.05, 3.63) is 34.7 Å². The van der Waals surface area contributed by atoms with Gasteiger partial charge in [-0.2, -0.15) is 0 Å². The Morgan fingerprint density at radius 2 is 2.06 bits per heavy atom. The molecule has 0 radical (unpaired) electrons. The number of aryl methyl sites for hydroxylation is 1. The second-order valence-corrected chi connectivity index (χ2v) is 5.54. The maximum atomic E-state index is 5.66. The van der Waals surface area contributed by atoms with Crippen LogP contribution in [-0.4, -0.2) is 7.11 Å². The van der Waals surface area contributed by atoms with Gasteiger partial charge < -0.3 is 4.74 Å². The van der Waals surface area contributed by atoms with Crippen molar-refractivity contribution in [1.82, 2.24) is 0 Å². The Labute approximate surface area is 107 Å². The molecule has 17 heavy (non-hydrogen) atoms. The van der Waals surface area contributed by atoms with Crippen LogP contribution in [0.5, 0.6) is 0 Å². The van der Waals surface area contributed by atoms with Crippen LogP contribution in [0.25, 0.3) is 10.1 Å². The zero-order valence-corrected chi connectivity index (χ0v) is 11.6. The summed E-state index contributed by atoms with van der Waals surface area (Å²) in [5.74, 6) is 0. The highest BCUT2D eigenvalue weighted by Gasteiger charge is 2.17. The molecule has 0 saturated heterocycles. The van der Waals surface area contributed by atoms with Crippen molar-refractivity contribution < 1.29 is 4.74 Å². The van der Waals surface area contributed by atoms with Gasteiger partial charge >= 0.3 is 0 Å². The van der Waals surface area contributed by atoms with Crippen LogP contribution in [0.2, 0.25) is 0 Å². The summed E-state index contributed by atoms with van der Waals surface area (Å²) >= 11 is 1.88. The van der Waals surface area contributed by atoms with E-state index in [9.17, 15) is 0 Å². The highest BCUT2D eigenvalue weighted by Crippen LogP contribution is 2.37. The fourth-order valence-electron chi connectivity index (χ4n) is 2.25. The van der Waals surface area contributed by atoms with E-state index in [-0.39, 0.29) is 6.10 Å². The van der Waals surface area contributed by atoms with Crippen molar-refractivity contribution in [2.75, 3.05) is 7.11 Å². The molecule has 1 heterocycles. The van der Waals surface area contributed by atoms with Gasteiger partial charge in [-0.1, -0.05) is 38.0 Å². The monoisotopic (exact) mass is 248 g/mol. The fraction of sp³-hybridized carbons (Fsp3) is 0.467. The smallest absolute Gasteiger partial charge is 0.0916 e. The lowest BCUT2D eigenvalue weighted by Crippen LogP contribution is -2.00. The van der Waals surface area contributed by atoms with Crippen LogP contribution in [0, 0.1) is 6.92 Å². The second-order valence-electron chi connectivity index (χ2n) is 4.45. The summed E-state index contributed by atoms with van der Waals surface area (Å²) in [5, 5.41) is 1.38. The normalized spacial score (nSPS) is 13.1. The summed E-state index contributed by atoms with van der Waals surface area (Å²) in [5.41, 5.74) is 1.40. The molecular formula is C15H20OS. The molecule has 92 valence electrons. The molecule has 0 spiro atoms. The molecule has 0 aliphatic heterocycles. The highest BCUT2D eigenvalue weighted by atomic mass is 32.1. The highest BCUT2D eigenvalue weighted by molar-refractivity contribution is 7.19. The van der Waals surface area contributed by atoms with Crippen LogP contribution in [0.4, 0.5) is 0 Å². The van der Waals surface area contributed by atoms with Crippen molar-refractivity contribution in [3.8, 4) is 0 Å². The van der Waals surface area contributed by atoms with Gasteiger partial charge in [-0.05, 0) is 30.4 Å². The van der Waals surface area contributed by atoms with Crippen LogP contribution in [0.1, 0.15) is 42.7 Å². The first-order valence-electron chi connectivity index (χ1n) is 6.28. The number of hydrogen-bond donors (Lipinski definition) is 0. The third-order valence-electron chi connectivity index (χ3n) is 3.28. The van der Waals surface area contributed by atoms with Gasteiger partial charge in [0.2, 0.25) is 0 Å². The Hall–Kier alpha value is -0.860. The molecule has 1 aromatic carbocycles. The van der Waals surface area contributed by atoms with Crippen molar-refractivity contribution in [2.45, 2.75) is 39.2 Å². The maximum Gasteiger partial charge on any atom is 0.0916 e. The molecule has 2 rings (SSSR count). The molecule has 0 saturated carbocycles. The minimum absolute atomic E-state index is 0.271. The fourth-order valence-corrected chi connectivity index (χ4v) is 3.57. The van der Waals surface area contributed by atoms with Crippen LogP contribution in [0.3, 0.4) is 0 Å². The van der Waals surface area contributed by atoms with Gasteiger partial charge in [-0.3, -0.25) is 0 Å². The van der Waals surface area contributed by atoms with E-state index in [2.05, 4.69) is 38.1 Å². The van der Waals surface area contributed by atoms with Gasteiger partial charge in [0, 0.05) is 16.7 Å². The lowest BCUT2D eigenvalue weighted by atomic mass is 10.1. The first-order chi connectivity index (χ1) is 8.27. The number of benzene rings is 1. The second kappa shape index (κ2) is 5.65. The van der Waals surface area contributed by atoms with Gasteiger partial charge in [-0.25, -0.2) is 0 Å². The Bertz CT molecular complexity index is 487. The van der Waals surface area contributed by atoms with Gasteiger partial charge in [0.05, 0.1) is 6.10 Å². The van der Waals surface area contributed by atoms with Crippen molar-refractivity contribution >= 4 is 21.4 Å². The number of methoxy groups -OCH3 is 1. The molecule has 0 amide bonds. The van der Waals surface area contributed by atoms with Crippen LogP contribution in [0.15, 0.2) is 24.3 Å². The largest absolute Gasteiger partial charge is 0.376 e. The first-order valence-corrected chi connectivity index (χ1v) is 7.10. The van der Waals surface area contributed by atoms with Crippen molar-refractivity contribution in [1.29, 1.82) is 0 Å². The van der Waals surface area contributed by atoms with E-state index in [1.807, 2.05) is 18.4 Å². The molecule has 1 unspecified atom stereocenters. The summed E-state index contributed by atoms with van der Waals surface area (Å²) in [7, 11) is 1.82. The third-order valence-corrected chi connectivity index (χ3v) is 4.64. The molecule has 0 N–H and O–H groups in total. The summed E-state index contributed by atoms with van der Waals surface area (Å²) in [6.45, 7) is 4.44. The molecule has 1 aromatic heterocycles. The number of rotatable bonds is 5. The Kier molecular flexibility index (Phi) is 4.19. The molecular weight excluding hydrogens is 228 g/mol. The lowest BCUT2D eigenvalue weighted by Gasteiger charge is -2.14.